The van der Waals surface area contributed by atoms with Gasteiger partial charge in [0.2, 0.25) is 0 Å². The van der Waals surface area contributed by atoms with Crippen LogP contribution in [0.3, 0.4) is 0 Å². The van der Waals surface area contributed by atoms with Gasteiger partial charge in [-0.15, -0.1) is 0 Å². The Morgan fingerprint density at radius 2 is 1.83 bits per heavy atom. The lowest BCUT2D eigenvalue weighted by Crippen LogP contribution is -2.42. The maximum Gasteiger partial charge on any atom is 0.298 e. The molecule has 2 aromatic carbocycles. The molecule has 0 atom stereocenters. The summed E-state index contributed by atoms with van der Waals surface area (Å²) in [6.45, 7) is 2.39. The minimum Gasteiger partial charge on any atom is -0.490 e. The van der Waals surface area contributed by atoms with Gasteiger partial charge in [0.15, 0.2) is 5.75 Å². The number of pyridine rings is 1. The predicted molar refractivity (Wildman–Crippen MR) is 131 cm³/mol. The number of fused-ring (bicyclic) bond motifs is 1. The number of amides is 2. The molecule has 2 amide bonds. The third-order valence-electron chi connectivity index (χ3n) is 6.03. The first-order chi connectivity index (χ1) is 16.6. The molecule has 0 bridgehead atoms. The molecule has 1 aliphatic heterocycles. The first-order valence-corrected chi connectivity index (χ1v) is 11.4. The van der Waals surface area contributed by atoms with Crippen molar-refractivity contribution in [1.82, 2.24) is 14.4 Å². The molecule has 1 aromatic heterocycles. The maximum absolute atomic E-state index is 13.6. The van der Waals surface area contributed by atoms with E-state index >= 15 is 0 Å². The van der Waals surface area contributed by atoms with Crippen LogP contribution < -0.4 is 10.3 Å². The van der Waals surface area contributed by atoms with Crippen LogP contribution in [0.4, 0.5) is 4.39 Å². The average Bonchev–Trinajstić information content (AvgIpc) is 2.83. The Hall–Kier alpha value is -3.65. The van der Waals surface area contributed by atoms with Crippen LogP contribution in [-0.2, 0) is 13.0 Å². The Morgan fingerprint density at radius 1 is 1.14 bits per heavy atom. The fraction of sp³-hybridized carbons (Fsp3) is 0.269. The van der Waals surface area contributed by atoms with Crippen molar-refractivity contribution in [1.29, 1.82) is 0 Å². The van der Waals surface area contributed by atoms with Crippen molar-refractivity contribution >= 4 is 23.4 Å². The van der Waals surface area contributed by atoms with Crippen molar-refractivity contribution in [3.05, 3.63) is 91.6 Å². The van der Waals surface area contributed by atoms with Crippen LogP contribution in [0.25, 0.3) is 5.69 Å². The number of carbonyl (C=O) groups is 2. The second kappa shape index (κ2) is 9.54. The van der Waals surface area contributed by atoms with E-state index in [9.17, 15) is 18.8 Å². The molecule has 3 aromatic rings. The molecular weight excluding hydrogens is 473 g/mol. The lowest BCUT2D eigenvalue weighted by atomic mass is 9.94. The van der Waals surface area contributed by atoms with Gasteiger partial charge >= 0.3 is 0 Å². The zero-order valence-corrected chi connectivity index (χ0v) is 20.6. The molecule has 182 valence electrons. The van der Waals surface area contributed by atoms with Crippen molar-refractivity contribution in [3.8, 4) is 11.4 Å². The predicted octanol–water partition coefficient (Wildman–Crippen LogP) is 3.85. The molecule has 9 heteroatoms. The van der Waals surface area contributed by atoms with Gasteiger partial charge in [0.25, 0.3) is 17.4 Å². The Bertz CT molecular complexity index is 1380. The minimum atomic E-state index is -0.597. The molecule has 7 nitrogen and oxygen atoms in total. The molecule has 0 fully saturated rings. The summed E-state index contributed by atoms with van der Waals surface area (Å²) in [6.07, 6.45) is 0.327. The number of methoxy groups -OCH3 is 1. The van der Waals surface area contributed by atoms with E-state index in [2.05, 4.69) is 0 Å². The highest BCUT2D eigenvalue weighted by Crippen LogP contribution is 2.31. The molecule has 0 unspecified atom stereocenters. The summed E-state index contributed by atoms with van der Waals surface area (Å²) < 4.78 is 20.4. The highest BCUT2D eigenvalue weighted by atomic mass is 35.5. The first-order valence-electron chi connectivity index (χ1n) is 11.0. The van der Waals surface area contributed by atoms with Gasteiger partial charge in [0.05, 0.1) is 17.7 Å². The molecule has 4 rings (SSSR count). The molecule has 0 radical (unpaired) electrons. The van der Waals surface area contributed by atoms with Crippen molar-refractivity contribution < 1.29 is 18.7 Å². The summed E-state index contributed by atoms with van der Waals surface area (Å²) in [4.78, 5) is 43.5. The molecule has 2 heterocycles. The fourth-order valence-electron chi connectivity index (χ4n) is 4.25. The lowest BCUT2D eigenvalue weighted by Gasteiger charge is -2.32. The van der Waals surface area contributed by atoms with Crippen molar-refractivity contribution in [2.24, 2.45) is 0 Å². The van der Waals surface area contributed by atoms with Gasteiger partial charge in [0.1, 0.15) is 11.5 Å². The Labute approximate surface area is 207 Å². The maximum atomic E-state index is 13.6. The zero-order valence-electron chi connectivity index (χ0n) is 19.9. The van der Waals surface area contributed by atoms with E-state index < -0.39 is 23.2 Å². The van der Waals surface area contributed by atoms with Crippen LogP contribution in [-0.4, -0.2) is 53.9 Å². The quantitative estimate of drug-likeness (QED) is 0.537. The van der Waals surface area contributed by atoms with Gasteiger partial charge in [-0.05, 0) is 43.2 Å². The standard InChI is InChI=1S/C26H25ClFN3O4/c1-15-5-8-17(9-6-15)31-22(25(33)29(2)3)18-11-12-30(14-16-7-10-20(28)19(27)13-16)24(32)21(18)23(35-4)26(31)34/h5-10,13H,11-12,14H2,1-4H3. The highest BCUT2D eigenvalue weighted by molar-refractivity contribution is 6.30. The number of hydrogen-bond acceptors (Lipinski definition) is 4. The summed E-state index contributed by atoms with van der Waals surface area (Å²) in [5.41, 5.74) is 2.22. The lowest BCUT2D eigenvalue weighted by molar-refractivity contribution is 0.0720. The molecule has 0 aliphatic carbocycles. The van der Waals surface area contributed by atoms with E-state index in [0.717, 1.165) is 5.56 Å². The Balaban J connectivity index is 1.90. The molecule has 0 saturated heterocycles. The smallest absolute Gasteiger partial charge is 0.298 e. The topological polar surface area (TPSA) is 71.8 Å². The van der Waals surface area contributed by atoms with Crippen molar-refractivity contribution in [3.63, 3.8) is 0 Å². The molecule has 0 saturated carbocycles. The number of hydrogen-bond donors (Lipinski definition) is 0. The van der Waals surface area contributed by atoms with Crippen molar-refractivity contribution in [2.75, 3.05) is 27.7 Å². The fourth-order valence-corrected chi connectivity index (χ4v) is 4.45. The van der Waals surface area contributed by atoms with E-state index in [0.29, 0.717) is 29.8 Å². The van der Waals surface area contributed by atoms with Crippen LogP contribution in [0.5, 0.6) is 5.75 Å². The van der Waals surface area contributed by atoms with Crippen LogP contribution >= 0.6 is 11.6 Å². The Morgan fingerprint density at radius 3 is 2.43 bits per heavy atom. The number of aryl methyl sites for hydroxylation is 1. The summed E-state index contributed by atoms with van der Waals surface area (Å²) in [5.74, 6) is -1.50. The minimum absolute atomic E-state index is 0.0372. The summed E-state index contributed by atoms with van der Waals surface area (Å²) in [7, 11) is 4.52. The van der Waals surface area contributed by atoms with E-state index in [1.807, 2.05) is 19.1 Å². The molecular formula is C26H25ClFN3O4. The zero-order chi connectivity index (χ0) is 25.4. The third kappa shape index (κ3) is 4.41. The number of halogens is 2. The number of ether oxygens (including phenoxy) is 1. The number of rotatable bonds is 5. The van der Waals surface area contributed by atoms with Gasteiger partial charge in [-0.1, -0.05) is 35.4 Å². The molecule has 0 N–H and O–H groups in total. The van der Waals surface area contributed by atoms with Gasteiger partial charge in [-0.2, -0.15) is 0 Å². The van der Waals surface area contributed by atoms with Crippen LogP contribution in [0.1, 0.15) is 37.5 Å². The van der Waals surface area contributed by atoms with Crippen LogP contribution in [0.15, 0.2) is 47.3 Å². The van der Waals surface area contributed by atoms with Gasteiger partial charge in [-0.3, -0.25) is 19.0 Å². The molecule has 1 aliphatic rings. The first kappa shape index (κ1) is 24.5. The third-order valence-corrected chi connectivity index (χ3v) is 6.32. The van der Waals surface area contributed by atoms with E-state index in [-0.39, 0.29) is 28.6 Å². The second-order valence-corrected chi connectivity index (χ2v) is 9.04. The number of nitrogens with zero attached hydrogens (tertiary/aromatic N) is 3. The van der Waals surface area contributed by atoms with Crippen LogP contribution in [0.2, 0.25) is 5.02 Å². The SMILES string of the molecule is COc1c2c(c(C(=O)N(C)C)n(-c3ccc(C)cc3)c1=O)CCN(Cc1ccc(F)c(Cl)c1)C2=O. The normalized spacial score (nSPS) is 13.0. The average molecular weight is 498 g/mol. The van der Waals surface area contributed by atoms with E-state index in [1.54, 1.807) is 32.3 Å². The number of aromatic nitrogens is 1. The summed E-state index contributed by atoms with van der Waals surface area (Å²) in [5, 5.41) is -0.0372. The molecule has 35 heavy (non-hydrogen) atoms. The highest BCUT2D eigenvalue weighted by Gasteiger charge is 2.36. The number of benzene rings is 2. The number of carbonyl (C=O) groups excluding carboxylic acids is 2. The second-order valence-electron chi connectivity index (χ2n) is 8.64. The Kier molecular flexibility index (Phi) is 6.67. The molecule has 0 spiro atoms. The van der Waals surface area contributed by atoms with Crippen molar-refractivity contribution in [2.45, 2.75) is 19.9 Å². The summed E-state index contributed by atoms with van der Waals surface area (Å²) >= 11 is 5.90. The van der Waals surface area contributed by atoms with E-state index in [1.165, 1.54) is 33.6 Å². The van der Waals surface area contributed by atoms with Gasteiger partial charge in [-0.25, -0.2) is 4.39 Å². The van der Waals surface area contributed by atoms with Crippen LogP contribution in [0, 0.1) is 12.7 Å². The van der Waals surface area contributed by atoms with E-state index in [4.69, 9.17) is 16.3 Å². The largest absolute Gasteiger partial charge is 0.490 e. The summed E-state index contributed by atoms with van der Waals surface area (Å²) in [6, 6.07) is 11.5. The van der Waals surface area contributed by atoms with Gasteiger partial charge < -0.3 is 14.5 Å². The van der Waals surface area contributed by atoms with Gasteiger partial charge in [0, 0.05) is 38.4 Å². The monoisotopic (exact) mass is 497 g/mol.